The first-order valence-electron chi connectivity index (χ1n) is 7.61. The van der Waals surface area contributed by atoms with E-state index in [1.54, 1.807) is 18.2 Å². The second-order valence-electron chi connectivity index (χ2n) is 6.24. The van der Waals surface area contributed by atoms with E-state index >= 15 is 0 Å². The van der Waals surface area contributed by atoms with Crippen LogP contribution in [0.2, 0.25) is 10.0 Å². The van der Waals surface area contributed by atoms with Gasteiger partial charge in [0.25, 0.3) is 11.8 Å². The van der Waals surface area contributed by atoms with Crippen LogP contribution in [0, 0.1) is 23.7 Å². The van der Waals surface area contributed by atoms with Gasteiger partial charge in [-0.1, -0.05) is 41.4 Å². The molecule has 1 saturated carbocycles. The van der Waals surface area contributed by atoms with Crippen molar-refractivity contribution < 1.29 is 9.59 Å². The summed E-state index contributed by atoms with van der Waals surface area (Å²) in [4.78, 5) is 25.2. The molecular formula is C17H14Cl2N2O2. The number of fused-ring (bicyclic) bond motifs is 1. The van der Waals surface area contributed by atoms with Gasteiger partial charge in [-0.25, -0.2) is 0 Å². The Balaban J connectivity index is 1.62. The standard InChI is InChI=1S/C17H14Cl2N2O2/c18-12-6-5-11(13(19)7-12)8-20-21-16(22)14-9-1-2-10(4-3-9)15(14)17(21)23/h1-2,5-10,14-15H,3-4H2/b20-8-/t9-,10-,14+,15+/m0/s1. The van der Waals surface area contributed by atoms with Crippen molar-refractivity contribution in [3.63, 3.8) is 0 Å². The van der Waals surface area contributed by atoms with Gasteiger partial charge in [-0.05, 0) is 36.8 Å². The third kappa shape index (κ3) is 2.32. The summed E-state index contributed by atoms with van der Waals surface area (Å²) in [5, 5.41) is 6.10. The summed E-state index contributed by atoms with van der Waals surface area (Å²) in [7, 11) is 0. The fourth-order valence-corrected chi connectivity index (χ4v) is 4.36. The van der Waals surface area contributed by atoms with E-state index in [2.05, 4.69) is 17.3 Å². The Bertz CT molecular complexity index is 727. The Kier molecular flexibility index (Phi) is 3.54. The number of hydrogen-bond donors (Lipinski definition) is 0. The van der Waals surface area contributed by atoms with Crippen molar-refractivity contribution in [3.8, 4) is 0 Å². The number of halogens is 2. The lowest BCUT2D eigenvalue weighted by Gasteiger charge is -2.37. The predicted molar refractivity (Wildman–Crippen MR) is 88.2 cm³/mol. The molecule has 23 heavy (non-hydrogen) atoms. The normalized spacial score (nSPS) is 32.2. The molecule has 0 spiro atoms. The summed E-state index contributed by atoms with van der Waals surface area (Å²) in [5.41, 5.74) is 0.618. The molecule has 1 aliphatic heterocycles. The van der Waals surface area contributed by atoms with Crippen molar-refractivity contribution >= 4 is 41.2 Å². The first-order chi connectivity index (χ1) is 11.1. The maximum absolute atomic E-state index is 12.6. The zero-order valence-corrected chi connectivity index (χ0v) is 13.7. The van der Waals surface area contributed by atoms with E-state index in [1.165, 1.54) is 6.21 Å². The summed E-state index contributed by atoms with van der Waals surface area (Å²) >= 11 is 11.9. The molecule has 2 fully saturated rings. The largest absolute Gasteiger partial charge is 0.272 e. The lowest BCUT2D eigenvalue weighted by molar-refractivity contribution is -0.140. The fraction of sp³-hybridized carbons (Fsp3) is 0.353. The number of carbonyl (C=O) groups excluding carboxylic acids is 2. The van der Waals surface area contributed by atoms with Gasteiger partial charge in [-0.2, -0.15) is 10.1 Å². The van der Waals surface area contributed by atoms with Crippen LogP contribution in [0.3, 0.4) is 0 Å². The Hall–Kier alpha value is -1.65. The highest BCUT2D eigenvalue weighted by atomic mass is 35.5. The van der Waals surface area contributed by atoms with Gasteiger partial charge in [0.15, 0.2) is 0 Å². The Morgan fingerprint density at radius 3 is 2.17 bits per heavy atom. The number of imide groups is 1. The smallest absolute Gasteiger partial charge is 0.254 e. The number of carbonyl (C=O) groups is 2. The molecule has 0 N–H and O–H groups in total. The molecule has 1 heterocycles. The molecule has 0 aromatic heterocycles. The fourth-order valence-electron chi connectivity index (χ4n) is 3.90. The van der Waals surface area contributed by atoms with Crippen molar-refractivity contribution in [1.29, 1.82) is 0 Å². The summed E-state index contributed by atoms with van der Waals surface area (Å²) < 4.78 is 0. The summed E-state index contributed by atoms with van der Waals surface area (Å²) in [5.74, 6) is -0.546. The van der Waals surface area contributed by atoms with Crippen molar-refractivity contribution in [2.75, 3.05) is 0 Å². The van der Waals surface area contributed by atoms with E-state index in [0.717, 1.165) is 17.9 Å². The SMILES string of the molecule is O=C1[C@H]2[C@H](C(=O)N1/N=C\c1ccc(Cl)cc1Cl)[C@H]1C=C[C@H]2CC1. The van der Waals surface area contributed by atoms with E-state index in [1.807, 2.05) is 0 Å². The summed E-state index contributed by atoms with van der Waals surface area (Å²) in [6.07, 6.45) is 7.57. The highest BCUT2D eigenvalue weighted by molar-refractivity contribution is 6.36. The molecule has 4 atom stereocenters. The minimum Gasteiger partial charge on any atom is -0.272 e. The van der Waals surface area contributed by atoms with Gasteiger partial charge in [-0.15, -0.1) is 0 Å². The van der Waals surface area contributed by atoms with Gasteiger partial charge in [0.05, 0.1) is 23.1 Å². The van der Waals surface area contributed by atoms with Crippen LogP contribution in [-0.2, 0) is 9.59 Å². The zero-order chi connectivity index (χ0) is 16.1. The zero-order valence-electron chi connectivity index (χ0n) is 12.2. The first kappa shape index (κ1) is 14.9. The number of allylic oxidation sites excluding steroid dienone is 2. The van der Waals surface area contributed by atoms with E-state index in [4.69, 9.17) is 23.2 Å². The molecule has 2 bridgehead atoms. The third-order valence-corrected chi connectivity index (χ3v) is 5.57. The molecule has 4 nitrogen and oxygen atoms in total. The molecule has 2 amide bonds. The number of nitrogens with zero attached hydrogens (tertiary/aromatic N) is 2. The van der Waals surface area contributed by atoms with Crippen LogP contribution < -0.4 is 0 Å². The molecule has 6 heteroatoms. The molecule has 3 aliphatic carbocycles. The minimum atomic E-state index is -0.246. The van der Waals surface area contributed by atoms with Crippen molar-refractivity contribution in [2.45, 2.75) is 12.8 Å². The van der Waals surface area contributed by atoms with Crippen LogP contribution in [0.25, 0.3) is 0 Å². The summed E-state index contributed by atoms with van der Waals surface area (Å²) in [6.45, 7) is 0. The van der Waals surface area contributed by atoms with Crippen LogP contribution in [0.4, 0.5) is 0 Å². The number of hydrazone groups is 1. The minimum absolute atomic E-state index is 0.167. The highest BCUT2D eigenvalue weighted by Crippen LogP contribution is 2.49. The molecule has 0 unspecified atom stereocenters. The van der Waals surface area contributed by atoms with E-state index in [9.17, 15) is 9.59 Å². The predicted octanol–water partition coefficient (Wildman–Crippen LogP) is 3.52. The van der Waals surface area contributed by atoms with Crippen LogP contribution in [0.5, 0.6) is 0 Å². The van der Waals surface area contributed by atoms with Crippen LogP contribution >= 0.6 is 23.2 Å². The maximum Gasteiger partial charge on any atom is 0.254 e. The number of rotatable bonds is 2. The molecule has 5 rings (SSSR count). The lowest BCUT2D eigenvalue weighted by atomic mass is 9.63. The average molecular weight is 349 g/mol. The van der Waals surface area contributed by atoms with E-state index < -0.39 is 0 Å². The molecule has 118 valence electrons. The molecule has 1 aromatic rings. The number of benzene rings is 1. The highest BCUT2D eigenvalue weighted by Gasteiger charge is 2.56. The number of amides is 2. The topological polar surface area (TPSA) is 49.7 Å². The lowest BCUT2D eigenvalue weighted by Crippen LogP contribution is -2.38. The van der Waals surface area contributed by atoms with E-state index in [-0.39, 0.29) is 35.5 Å². The van der Waals surface area contributed by atoms with Crippen molar-refractivity contribution in [3.05, 3.63) is 46.0 Å². The molecule has 1 aromatic carbocycles. The van der Waals surface area contributed by atoms with Crippen molar-refractivity contribution in [2.24, 2.45) is 28.8 Å². The molecular weight excluding hydrogens is 335 g/mol. The average Bonchev–Trinajstić information content (AvgIpc) is 2.82. The van der Waals surface area contributed by atoms with Gasteiger partial charge < -0.3 is 0 Å². The van der Waals surface area contributed by atoms with Crippen molar-refractivity contribution in [1.82, 2.24) is 5.01 Å². The van der Waals surface area contributed by atoms with E-state index in [0.29, 0.717) is 15.6 Å². The number of hydrogen-bond acceptors (Lipinski definition) is 3. The van der Waals surface area contributed by atoms with Gasteiger partial charge in [-0.3, -0.25) is 9.59 Å². The Morgan fingerprint density at radius 1 is 1.04 bits per heavy atom. The monoisotopic (exact) mass is 348 g/mol. The second-order valence-corrected chi connectivity index (χ2v) is 7.08. The van der Waals surface area contributed by atoms with Gasteiger partial charge in [0.1, 0.15) is 0 Å². The molecule has 4 aliphatic rings. The van der Waals surface area contributed by atoms with Crippen LogP contribution in [0.15, 0.2) is 35.5 Å². The Labute approximate surface area is 143 Å². The molecule has 1 saturated heterocycles. The Morgan fingerprint density at radius 2 is 1.65 bits per heavy atom. The summed E-state index contributed by atoms with van der Waals surface area (Å²) in [6, 6.07) is 4.99. The van der Waals surface area contributed by atoms with Gasteiger partial charge in [0.2, 0.25) is 0 Å². The third-order valence-electron chi connectivity index (χ3n) is 5.01. The van der Waals surface area contributed by atoms with Crippen LogP contribution in [0.1, 0.15) is 18.4 Å². The van der Waals surface area contributed by atoms with Gasteiger partial charge in [0, 0.05) is 10.6 Å². The van der Waals surface area contributed by atoms with Crippen LogP contribution in [-0.4, -0.2) is 23.0 Å². The molecule has 0 radical (unpaired) electrons. The quantitative estimate of drug-likeness (QED) is 0.466. The van der Waals surface area contributed by atoms with Gasteiger partial charge >= 0.3 is 0 Å². The maximum atomic E-state index is 12.6. The first-order valence-corrected chi connectivity index (χ1v) is 8.37. The second kappa shape index (κ2) is 5.46.